The zero-order valence-electron chi connectivity index (χ0n) is 12.1. The van der Waals surface area contributed by atoms with Crippen molar-refractivity contribution in [3.8, 4) is 0 Å². The molecule has 1 atom stereocenters. The molecule has 3 N–H and O–H groups in total. The minimum atomic E-state index is -0.280. The molecular weight excluding hydrogens is 314 g/mol. The van der Waals surface area contributed by atoms with Gasteiger partial charge in [0.05, 0.1) is 0 Å². The van der Waals surface area contributed by atoms with Crippen LogP contribution in [0.2, 0.25) is 5.02 Å². The average molecular weight is 328 g/mol. The summed E-state index contributed by atoms with van der Waals surface area (Å²) in [5.41, 5.74) is 8.49. The highest BCUT2D eigenvalue weighted by Crippen LogP contribution is 2.27. The molecule has 3 aromatic rings. The van der Waals surface area contributed by atoms with Crippen molar-refractivity contribution in [2.75, 3.05) is 5.32 Å². The van der Waals surface area contributed by atoms with E-state index in [4.69, 9.17) is 16.0 Å². The van der Waals surface area contributed by atoms with Gasteiger partial charge in [-0.2, -0.15) is 5.43 Å². The van der Waals surface area contributed by atoms with E-state index in [0.717, 1.165) is 33.0 Å². The Bertz CT molecular complexity index is 859. The fourth-order valence-corrected chi connectivity index (χ4v) is 2.57. The Morgan fingerprint density at radius 3 is 2.78 bits per heavy atom. The summed E-state index contributed by atoms with van der Waals surface area (Å²) in [6.45, 7) is 0.705. The number of hydrogen-bond acceptors (Lipinski definition) is 6. The fraction of sp³-hybridized carbons (Fsp3) is 0.125. The minimum absolute atomic E-state index is 0.280. The topological polar surface area (TPSA) is 74.0 Å². The first-order valence-corrected chi connectivity index (χ1v) is 7.58. The largest absolute Gasteiger partial charge is 0.457 e. The van der Waals surface area contributed by atoms with Crippen LogP contribution in [0.1, 0.15) is 17.5 Å². The monoisotopic (exact) mass is 327 g/mol. The lowest BCUT2D eigenvalue weighted by atomic mass is 10.1. The molecule has 0 amide bonds. The number of hydrazine groups is 1. The quantitative estimate of drug-likeness (QED) is 0.672. The van der Waals surface area contributed by atoms with E-state index in [1.54, 1.807) is 0 Å². The van der Waals surface area contributed by atoms with E-state index >= 15 is 0 Å². The summed E-state index contributed by atoms with van der Waals surface area (Å²) in [7, 11) is 0. The van der Waals surface area contributed by atoms with E-state index in [1.165, 1.54) is 0 Å². The first-order valence-electron chi connectivity index (χ1n) is 7.20. The maximum atomic E-state index is 5.89. The molecule has 1 aromatic heterocycles. The first-order chi connectivity index (χ1) is 11.3. The summed E-state index contributed by atoms with van der Waals surface area (Å²) in [5.74, 6) is 0.733. The van der Waals surface area contributed by atoms with Crippen molar-refractivity contribution >= 4 is 28.3 Å². The van der Waals surface area contributed by atoms with Crippen LogP contribution in [0.5, 0.6) is 0 Å². The highest BCUT2D eigenvalue weighted by atomic mass is 35.5. The first kappa shape index (κ1) is 14.0. The van der Waals surface area contributed by atoms with Gasteiger partial charge in [0.25, 0.3) is 0 Å². The van der Waals surface area contributed by atoms with Crippen LogP contribution in [0.4, 0.5) is 5.69 Å². The second-order valence-electron chi connectivity index (χ2n) is 5.26. The van der Waals surface area contributed by atoms with Crippen LogP contribution in [0.25, 0.3) is 11.0 Å². The molecular formula is C16H14ClN5O. The summed E-state index contributed by atoms with van der Waals surface area (Å²) >= 11 is 5.89. The van der Waals surface area contributed by atoms with Crippen LogP contribution in [0.3, 0.4) is 0 Å². The molecule has 7 heteroatoms. The van der Waals surface area contributed by atoms with Crippen LogP contribution in [0, 0.1) is 0 Å². The number of anilines is 1. The smallest absolute Gasteiger partial charge is 0.198 e. The molecule has 4 rings (SSSR count). The number of furan rings is 1. The van der Waals surface area contributed by atoms with Gasteiger partial charge >= 0.3 is 0 Å². The average Bonchev–Trinajstić information content (AvgIpc) is 3.23. The van der Waals surface area contributed by atoms with Crippen LogP contribution in [-0.4, -0.2) is 0 Å². The van der Waals surface area contributed by atoms with Crippen molar-refractivity contribution in [2.45, 2.75) is 12.7 Å². The second-order valence-corrected chi connectivity index (χ2v) is 5.69. The summed E-state index contributed by atoms with van der Waals surface area (Å²) < 4.78 is 5.86. The van der Waals surface area contributed by atoms with Crippen molar-refractivity contribution < 1.29 is 4.42 Å². The number of halogens is 1. The Hall–Kier alpha value is -2.57. The Labute approximate surface area is 137 Å². The van der Waals surface area contributed by atoms with Crippen LogP contribution >= 0.6 is 11.6 Å². The van der Waals surface area contributed by atoms with Crippen molar-refractivity contribution in [3.05, 3.63) is 64.9 Å². The molecule has 23 heavy (non-hydrogen) atoms. The number of nitrogens with zero attached hydrogens (tertiary/aromatic N) is 2. The third-order valence-corrected chi connectivity index (χ3v) is 3.89. The molecule has 0 aliphatic carbocycles. The molecule has 0 saturated heterocycles. The SMILES string of the molecule is Clc1ccc(NCc2ccc3cc(C4N=NNN4)oc3c2)cc1. The number of hydrogen-bond donors (Lipinski definition) is 3. The third-order valence-electron chi connectivity index (χ3n) is 3.64. The number of fused-ring (bicyclic) bond motifs is 1. The molecule has 1 aliphatic heterocycles. The normalized spacial score (nSPS) is 16.7. The lowest BCUT2D eigenvalue weighted by molar-refractivity contribution is 0.446. The summed E-state index contributed by atoms with van der Waals surface area (Å²) in [6.07, 6.45) is -0.280. The lowest BCUT2D eigenvalue weighted by Crippen LogP contribution is -2.23. The zero-order valence-corrected chi connectivity index (χ0v) is 12.8. The Balaban J connectivity index is 1.51. The molecule has 1 unspecified atom stereocenters. The van der Waals surface area contributed by atoms with Gasteiger partial charge in [-0.3, -0.25) is 0 Å². The van der Waals surface area contributed by atoms with E-state index in [-0.39, 0.29) is 6.17 Å². The highest BCUT2D eigenvalue weighted by Gasteiger charge is 2.18. The van der Waals surface area contributed by atoms with Crippen LogP contribution < -0.4 is 16.3 Å². The lowest BCUT2D eigenvalue weighted by Gasteiger charge is -2.06. The van der Waals surface area contributed by atoms with Gasteiger partial charge in [0.1, 0.15) is 11.3 Å². The molecule has 1 aliphatic rings. The Morgan fingerprint density at radius 1 is 1.13 bits per heavy atom. The highest BCUT2D eigenvalue weighted by molar-refractivity contribution is 6.30. The van der Waals surface area contributed by atoms with Crippen molar-refractivity contribution in [1.29, 1.82) is 0 Å². The van der Waals surface area contributed by atoms with Gasteiger partial charge in [-0.15, -0.1) is 5.11 Å². The predicted molar refractivity (Wildman–Crippen MR) is 88.9 cm³/mol. The second kappa shape index (κ2) is 5.91. The number of benzene rings is 2. The summed E-state index contributed by atoms with van der Waals surface area (Å²) in [4.78, 5) is 0. The van der Waals surface area contributed by atoms with E-state index < -0.39 is 0 Å². The Kier molecular flexibility index (Phi) is 3.61. The summed E-state index contributed by atoms with van der Waals surface area (Å²) in [6, 6.07) is 15.8. The molecule has 0 bridgehead atoms. The van der Waals surface area contributed by atoms with E-state index in [9.17, 15) is 0 Å². The van der Waals surface area contributed by atoms with Gasteiger partial charge in [0, 0.05) is 22.6 Å². The molecule has 2 heterocycles. The van der Waals surface area contributed by atoms with E-state index in [1.807, 2.05) is 42.5 Å². The van der Waals surface area contributed by atoms with Crippen molar-refractivity contribution in [1.82, 2.24) is 11.0 Å². The molecule has 116 valence electrons. The molecule has 0 saturated carbocycles. The van der Waals surface area contributed by atoms with Gasteiger partial charge in [-0.1, -0.05) is 29.0 Å². The van der Waals surface area contributed by atoms with Gasteiger partial charge in [0.15, 0.2) is 6.17 Å². The van der Waals surface area contributed by atoms with Gasteiger partial charge in [0.2, 0.25) is 0 Å². The van der Waals surface area contributed by atoms with Crippen molar-refractivity contribution in [3.63, 3.8) is 0 Å². The number of rotatable bonds is 4. The molecule has 0 fully saturated rings. The van der Waals surface area contributed by atoms with Crippen LogP contribution in [-0.2, 0) is 6.54 Å². The van der Waals surface area contributed by atoms with E-state index in [0.29, 0.717) is 6.54 Å². The molecule has 2 aromatic carbocycles. The molecule has 6 nitrogen and oxygen atoms in total. The molecule has 0 spiro atoms. The predicted octanol–water partition coefficient (Wildman–Crippen LogP) is 4.17. The maximum Gasteiger partial charge on any atom is 0.198 e. The van der Waals surface area contributed by atoms with Crippen LogP contribution in [0.15, 0.2) is 63.3 Å². The Morgan fingerprint density at radius 2 is 2.00 bits per heavy atom. The van der Waals surface area contributed by atoms with E-state index in [2.05, 4.69) is 32.7 Å². The van der Waals surface area contributed by atoms with Crippen molar-refractivity contribution in [2.24, 2.45) is 10.3 Å². The van der Waals surface area contributed by atoms with Gasteiger partial charge < -0.3 is 9.73 Å². The van der Waals surface area contributed by atoms with Gasteiger partial charge in [-0.05, 0) is 42.0 Å². The molecule has 0 radical (unpaired) electrons. The standard InChI is InChI=1S/C16H14ClN5O/c17-12-3-5-13(6-4-12)18-9-10-1-2-11-8-15(23-14(11)7-10)16-19-21-22-20-16/h1-8,16,18H,9H2,(H,19,22)(H,20,21). The number of nitrogens with one attached hydrogen (secondary N) is 3. The maximum absolute atomic E-state index is 5.89. The minimum Gasteiger partial charge on any atom is -0.457 e. The summed E-state index contributed by atoms with van der Waals surface area (Å²) in [5, 5.41) is 12.8. The van der Waals surface area contributed by atoms with Gasteiger partial charge in [-0.25, -0.2) is 5.53 Å². The third kappa shape index (κ3) is 2.99. The zero-order chi connectivity index (χ0) is 15.6. The fourth-order valence-electron chi connectivity index (χ4n) is 2.45.